The van der Waals surface area contributed by atoms with Crippen molar-refractivity contribution in [1.29, 1.82) is 0 Å². The first-order valence-corrected chi connectivity index (χ1v) is 5.76. The molecule has 1 aromatic rings. The van der Waals surface area contributed by atoms with Crippen LogP contribution < -0.4 is 0 Å². The topological polar surface area (TPSA) is 46.1 Å². The van der Waals surface area contributed by atoms with Gasteiger partial charge in [-0.1, -0.05) is 13.8 Å². The Hall–Kier alpha value is -1.45. The van der Waals surface area contributed by atoms with Gasteiger partial charge in [0, 0.05) is 18.7 Å². The second-order valence-electron chi connectivity index (χ2n) is 4.48. The van der Waals surface area contributed by atoms with Gasteiger partial charge in [-0.25, -0.2) is 9.97 Å². The minimum atomic E-state index is 0.0578. The van der Waals surface area contributed by atoms with Crippen molar-refractivity contribution in [3.05, 3.63) is 24.3 Å². The highest BCUT2D eigenvalue weighted by atomic mass is 16.2. The van der Waals surface area contributed by atoms with E-state index in [0.29, 0.717) is 0 Å². The fraction of sp³-hybridized carbons (Fsp3) is 0.583. The van der Waals surface area contributed by atoms with E-state index in [9.17, 15) is 4.79 Å². The Kier molecular flexibility index (Phi) is 3.17. The molecule has 2 heterocycles. The molecule has 0 bridgehead atoms. The molecule has 4 nitrogen and oxygen atoms in total. The third-order valence-electron chi connectivity index (χ3n) is 2.98. The second kappa shape index (κ2) is 4.60. The van der Waals surface area contributed by atoms with E-state index >= 15 is 0 Å². The molecule has 0 radical (unpaired) electrons. The van der Waals surface area contributed by atoms with Crippen molar-refractivity contribution in [1.82, 2.24) is 14.9 Å². The summed E-state index contributed by atoms with van der Waals surface area (Å²) in [6.45, 7) is 4.74. The molecular weight excluding hydrogens is 202 g/mol. The summed E-state index contributed by atoms with van der Waals surface area (Å²) in [6.07, 6.45) is 5.35. The molecule has 1 amide bonds. The Morgan fingerprint density at radius 2 is 2.38 bits per heavy atom. The highest BCUT2D eigenvalue weighted by molar-refractivity contribution is 5.78. The van der Waals surface area contributed by atoms with Gasteiger partial charge in [0.25, 0.3) is 0 Å². The molecule has 2 rings (SSSR count). The fourth-order valence-electron chi connectivity index (χ4n) is 2.17. The summed E-state index contributed by atoms with van der Waals surface area (Å²) in [5.41, 5.74) is 0.960. The number of hydrogen-bond donors (Lipinski definition) is 0. The SMILES string of the molecule is CC(C)C(=O)N1CCCC1c1ccncn1. The van der Waals surface area contributed by atoms with Crippen LogP contribution in [-0.2, 0) is 4.79 Å². The van der Waals surface area contributed by atoms with E-state index in [0.717, 1.165) is 25.1 Å². The van der Waals surface area contributed by atoms with E-state index < -0.39 is 0 Å². The summed E-state index contributed by atoms with van der Waals surface area (Å²) in [6, 6.07) is 2.05. The largest absolute Gasteiger partial charge is 0.334 e. The lowest BCUT2D eigenvalue weighted by molar-refractivity contribution is -0.135. The van der Waals surface area contributed by atoms with E-state index in [-0.39, 0.29) is 17.9 Å². The molecule has 86 valence electrons. The summed E-state index contributed by atoms with van der Waals surface area (Å²) in [4.78, 5) is 22.1. The first kappa shape index (κ1) is 11.0. The third kappa shape index (κ3) is 2.05. The molecule has 0 aromatic carbocycles. The first-order chi connectivity index (χ1) is 7.70. The van der Waals surface area contributed by atoms with Crippen LogP contribution in [0, 0.1) is 5.92 Å². The molecule has 4 heteroatoms. The molecule has 16 heavy (non-hydrogen) atoms. The third-order valence-corrected chi connectivity index (χ3v) is 2.98. The number of nitrogens with zero attached hydrogens (tertiary/aromatic N) is 3. The van der Waals surface area contributed by atoms with E-state index in [1.807, 2.05) is 24.8 Å². The lowest BCUT2D eigenvalue weighted by Crippen LogP contribution is -2.34. The number of amides is 1. The number of rotatable bonds is 2. The molecule has 1 unspecified atom stereocenters. The van der Waals surface area contributed by atoms with Gasteiger partial charge in [0.2, 0.25) is 5.91 Å². The average Bonchev–Trinajstić information content (AvgIpc) is 2.77. The van der Waals surface area contributed by atoms with Gasteiger partial charge in [-0.05, 0) is 18.9 Å². The predicted octanol–water partition coefficient (Wildman–Crippen LogP) is 1.80. The molecule has 0 spiro atoms. The van der Waals surface area contributed by atoms with E-state index in [4.69, 9.17) is 0 Å². The van der Waals surface area contributed by atoms with Crippen LogP contribution in [0.15, 0.2) is 18.6 Å². The Labute approximate surface area is 95.7 Å². The Morgan fingerprint density at radius 1 is 1.56 bits per heavy atom. The Balaban J connectivity index is 2.19. The number of carbonyl (C=O) groups is 1. The molecule has 0 N–H and O–H groups in total. The van der Waals surface area contributed by atoms with Crippen LogP contribution in [0.2, 0.25) is 0 Å². The lowest BCUT2D eigenvalue weighted by atomic mass is 10.1. The molecular formula is C12H17N3O. The van der Waals surface area contributed by atoms with Gasteiger partial charge in [-0.15, -0.1) is 0 Å². The minimum absolute atomic E-state index is 0.0578. The van der Waals surface area contributed by atoms with Crippen molar-refractivity contribution in [2.75, 3.05) is 6.54 Å². The monoisotopic (exact) mass is 219 g/mol. The maximum atomic E-state index is 12.0. The van der Waals surface area contributed by atoms with Gasteiger partial charge >= 0.3 is 0 Å². The second-order valence-corrected chi connectivity index (χ2v) is 4.48. The van der Waals surface area contributed by atoms with Gasteiger partial charge in [0.05, 0.1) is 11.7 Å². The molecule has 0 saturated carbocycles. The summed E-state index contributed by atoms with van der Waals surface area (Å²) in [5.74, 6) is 0.281. The zero-order chi connectivity index (χ0) is 11.5. The van der Waals surface area contributed by atoms with E-state index in [2.05, 4.69) is 9.97 Å². The molecule has 1 atom stereocenters. The van der Waals surface area contributed by atoms with Gasteiger partial charge in [0.1, 0.15) is 6.33 Å². The number of hydrogen-bond acceptors (Lipinski definition) is 3. The summed E-state index contributed by atoms with van der Waals surface area (Å²) in [5, 5.41) is 0. The van der Waals surface area contributed by atoms with Crippen LogP contribution >= 0.6 is 0 Å². The smallest absolute Gasteiger partial charge is 0.225 e. The lowest BCUT2D eigenvalue weighted by Gasteiger charge is -2.25. The van der Waals surface area contributed by atoms with Crippen molar-refractivity contribution in [2.45, 2.75) is 32.7 Å². The van der Waals surface area contributed by atoms with E-state index in [1.165, 1.54) is 0 Å². The van der Waals surface area contributed by atoms with Crippen LogP contribution in [0.3, 0.4) is 0 Å². The number of carbonyl (C=O) groups excluding carboxylic acids is 1. The highest BCUT2D eigenvalue weighted by Gasteiger charge is 2.31. The Morgan fingerprint density at radius 3 is 3.00 bits per heavy atom. The molecule has 1 aromatic heterocycles. The van der Waals surface area contributed by atoms with Gasteiger partial charge < -0.3 is 4.90 Å². The van der Waals surface area contributed by atoms with Crippen LogP contribution in [0.1, 0.15) is 38.4 Å². The van der Waals surface area contributed by atoms with Crippen molar-refractivity contribution < 1.29 is 4.79 Å². The summed E-state index contributed by atoms with van der Waals surface area (Å²) in [7, 11) is 0. The fourth-order valence-corrected chi connectivity index (χ4v) is 2.17. The number of likely N-dealkylation sites (tertiary alicyclic amines) is 1. The van der Waals surface area contributed by atoms with Crippen molar-refractivity contribution in [2.24, 2.45) is 5.92 Å². The molecule has 1 saturated heterocycles. The van der Waals surface area contributed by atoms with Crippen LogP contribution in [0.25, 0.3) is 0 Å². The first-order valence-electron chi connectivity index (χ1n) is 5.76. The molecule has 0 aliphatic carbocycles. The highest BCUT2D eigenvalue weighted by Crippen LogP contribution is 2.31. The standard InChI is InChI=1S/C12H17N3O/c1-9(2)12(16)15-7-3-4-11(15)10-5-6-13-8-14-10/h5-6,8-9,11H,3-4,7H2,1-2H3. The maximum absolute atomic E-state index is 12.0. The van der Waals surface area contributed by atoms with Gasteiger partial charge in [-0.2, -0.15) is 0 Å². The normalized spacial score (nSPS) is 20.4. The van der Waals surface area contributed by atoms with Gasteiger partial charge in [0.15, 0.2) is 0 Å². The van der Waals surface area contributed by atoms with Crippen LogP contribution in [0.5, 0.6) is 0 Å². The average molecular weight is 219 g/mol. The molecule has 1 aliphatic heterocycles. The molecule has 1 fully saturated rings. The zero-order valence-electron chi connectivity index (χ0n) is 9.76. The van der Waals surface area contributed by atoms with Gasteiger partial charge in [-0.3, -0.25) is 4.79 Å². The predicted molar refractivity (Wildman–Crippen MR) is 60.6 cm³/mol. The maximum Gasteiger partial charge on any atom is 0.225 e. The summed E-state index contributed by atoms with van der Waals surface area (Å²) >= 11 is 0. The minimum Gasteiger partial charge on any atom is -0.334 e. The quantitative estimate of drug-likeness (QED) is 0.762. The van der Waals surface area contributed by atoms with Crippen molar-refractivity contribution in [3.8, 4) is 0 Å². The van der Waals surface area contributed by atoms with Crippen molar-refractivity contribution in [3.63, 3.8) is 0 Å². The van der Waals surface area contributed by atoms with E-state index in [1.54, 1.807) is 12.5 Å². The van der Waals surface area contributed by atoms with Crippen molar-refractivity contribution >= 4 is 5.91 Å². The zero-order valence-corrected chi connectivity index (χ0v) is 9.76. The number of aromatic nitrogens is 2. The Bertz CT molecular complexity index is 364. The summed E-state index contributed by atoms with van der Waals surface area (Å²) < 4.78 is 0. The molecule has 1 aliphatic rings. The van der Waals surface area contributed by atoms with Crippen LogP contribution in [0.4, 0.5) is 0 Å². The van der Waals surface area contributed by atoms with Crippen LogP contribution in [-0.4, -0.2) is 27.3 Å².